The Labute approximate surface area is 131 Å². The average Bonchev–Trinajstić information content (AvgIpc) is 2.48. The lowest BCUT2D eigenvalue weighted by molar-refractivity contribution is 0.0955. The van der Waals surface area contributed by atoms with Gasteiger partial charge in [0.05, 0.1) is 15.8 Å². The van der Waals surface area contributed by atoms with Crippen LogP contribution in [-0.4, -0.2) is 11.6 Å². The van der Waals surface area contributed by atoms with Crippen LogP contribution in [0.4, 0.5) is 4.39 Å². The molecule has 0 aliphatic rings. The number of carbonyl (C=O) groups excluding carboxylic acids is 1. The molecule has 21 heavy (non-hydrogen) atoms. The average molecular weight is 325 g/mol. The number of amides is 1. The molecule has 0 radical (unpaired) electrons. The molecule has 0 aliphatic carbocycles. The summed E-state index contributed by atoms with van der Waals surface area (Å²) in [4.78, 5) is 11.8. The zero-order chi connectivity index (χ0) is 15.4. The van der Waals surface area contributed by atoms with Crippen LogP contribution < -0.4 is 5.43 Å². The van der Waals surface area contributed by atoms with Crippen LogP contribution in [-0.2, 0) is 0 Å². The van der Waals surface area contributed by atoms with Gasteiger partial charge in [0.25, 0.3) is 5.91 Å². The van der Waals surface area contributed by atoms with E-state index in [0.717, 1.165) is 5.56 Å². The molecule has 2 rings (SSSR count). The van der Waals surface area contributed by atoms with Crippen LogP contribution in [0.15, 0.2) is 47.6 Å². The van der Waals surface area contributed by atoms with Crippen molar-refractivity contribution in [1.82, 2.24) is 5.43 Å². The maximum atomic E-state index is 12.8. The van der Waals surface area contributed by atoms with E-state index < -0.39 is 11.7 Å². The molecule has 0 fully saturated rings. The Morgan fingerprint density at radius 2 is 1.67 bits per heavy atom. The van der Waals surface area contributed by atoms with Crippen molar-refractivity contribution in [3.63, 3.8) is 0 Å². The van der Waals surface area contributed by atoms with Gasteiger partial charge < -0.3 is 0 Å². The molecule has 108 valence electrons. The predicted molar refractivity (Wildman–Crippen MR) is 82.5 cm³/mol. The number of nitrogens with one attached hydrogen (secondary N) is 1. The number of benzene rings is 2. The van der Waals surface area contributed by atoms with Crippen molar-refractivity contribution >= 4 is 34.8 Å². The molecule has 6 heteroatoms. The van der Waals surface area contributed by atoms with Crippen molar-refractivity contribution in [3.8, 4) is 0 Å². The van der Waals surface area contributed by atoms with Crippen LogP contribution >= 0.6 is 23.2 Å². The van der Waals surface area contributed by atoms with Crippen molar-refractivity contribution in [2.24, 2.45) is 5.10 Å². The number of hydrazone groups is 1. The maximum absolute atomic E-state index is 12.8. The van der Waals surface area contributed by atoms with E-state index >= 15 is 0 Å². The summed E-state index contributed by atoms with van der Waals surface area (Å²) in [5.74, 6) is -0.823. The van der Waals surface area contributed by atoms with E-state index in [9.17, 15) is 9.18 Å². The van der Waals surface area contributed by atoms with Gasteiger partial charge >= 0.3 is 0 Å². The molecule has 1 N–H and O–H groups in total. The van der Waals surface area contributed by atoms with Gasteiger partial charge in [-0.15, -0.1) is 0 Å². The van der Waals surface area contributed by atoms with Gasteiger partial charge in [0.15, 0.2) is 0 Å². The van der Waals surface area contributed by atoms with Crippen molar-refractivity contribution in [2.75, 3.05) is 0 Å². The smallest absolute Gasteiger partial charge is 0.267 e. The highest BCUT2D eigenvalue weighted by atomic mass is 35.5. The molecule has 0 atom stereocenters. The Bertz CT molecular complexity index is 699. The summed E-state index contributed by atoms with van der Waals surface area (Å²) >= 11 is 11.8. The summed E-state index contributed by atoms with van der Waals surface area (Å²) in [6.07, 6.45) is 0. The SMILES string of the molecule is C/C(=N/NC(=O)c1ccc(F)cc1)c1ccc(Cl)c(Cl)c1. The van der Waals surface area contributed by atoms with Gasteiger partial charge in [-0.05, 0) is 48.9 Å². The van der Waals surface area contributed by atoms with Crippen molar-refractivity contribution in [2.45, 2.75) is 6.92 Å². The highest BCUT2D eigenvalue weighted by Crippen LogP contribution is 2.22. The van der Waals surface area contributed by atoms with E-state index in [-0.39, 0.29) is 0 Å². The molecule has 0 heterocycles. The molecule has 0 unspecified atom stereocenters. The van der Waals surface area contributed by atoms with Crippen molar-refractivity contribution < 1.29 is 9.18 Å². The second kappa shape index (κ2) is 6.70. The van der Waals surface area contributed by atoms with Crippen LogP contribution in [0.1, 0.15) is 22.8 Å². The fraction of sp³-hybridized carbons (Fsp3) is 0.0667. The van der Waals surface area contributed by atoms with Crippen LogP contribution in [0, 0.1) is 5.82 Å². The molecule has 0 bridgehead atoms. The predicted octanol–water partition coefficient (Wildman–Crippen LogP) is 4.29. The topological polar surface area (TPSA) is 41.5 Å². The highest BCUT2D eigenvalue weighted by Gasteiger charge is 2.06. The summed E-state index contributed by atoms with van der Waals surface area (Å²) in [5.41, 5.74) is 4.04. The Hall–Kier alpha value is -1.91. The largest absolute Gasteiger partial charge is 0.271 e. The van der Waals surface area contributed by atoms with E-state index in [4.69, 9.17) is 23.2 Å². The Kier molecular flexibility index (Phi) is 4.94. The van der Waals surface area contributed by atoms with Crippen LogP contribution in [0.3, 0.4) is 0 Å². The summed E-state index contributed by atoms with van der Waals surface area (Å²) in [5, 5.41) is 4.84. The van der Waals surface area contributed by atoms with Crippen LogP contribution in [0.2, 0.25) is 10.0 Å². The van der Waals surface area contributed by atoms with Crippen molar-refractivity contribution in [1.29, 1.82) is 0 Å². The molecule has 0 aromatic heterocycles. The summed E-state index contributed by atoms with van der Waals surface area (Å²) in [6, 6.07) is 10.3. The van der Waals surface area contributed by atoms with Gasteiger partial charge in [0, 0.05) is 5.56 Å². The quantitative estimate of drug-likeness (QED) is 0.664. The third-order valence-corrected chi connectivity index (χ3v) is 3.51. The minimum absolute atomic E-state index is 0.321. The molecule has 0 spiro atoms. The zero-order valence-electron chi connectivity index (χ0n) is 11.0. The van der Waals surface area contributed by atoms with Crippen LogP contribution in [0.25, 0.3) is 0 Å². The van der Waals surface area contributed by atoms with E-state index in [0.29, 0.717) is 21.3 Å². The highest BCUT2D eigenvalue weighted by molar-refractivity contribution is 6.42. The van der Waals surface area contributed by atoms with Gasteiger partial charge in [-0.2, -0.15) is 5.10 Å². The first-order valence-electron chi connectivity index (χ1n) is 6.03. The molecule has 0 aliphatic heterocycles. The lowest BCUT2D eigenvalue weighted by Crippen LogP contribution is -2.19. The second-order valence-corrected chi connectivity index (χ2v) is 5.09. The third-order valence-electron chi connectivity index (χ3n) is 2.77. The molecule has 0 saturated carbocycles. The van der Waals surface area contributed by atoms with E-state index in [1.165, 1.54) is 24.3 Å². The Morgan fingerprint density at radius 1 is 1.05 bits per heavy atom. The minimum Gasteiger partial charge on any atom is -0.267 e. The van der Waals surface area contributed by atoms with Gasteiger partial charge in [-0.1, -0.05) is 29.3 Å². The summed E-state index contributed by atoms with van der Waals surface area (Å²) < 4.78 is 12.8. The number of hydrogen-bond acceptors (Lipinski definition) is 2. The maximum Gasteiger partial charge on any atom is 0.271 e. The Balaban J connectivity index is 2.10. The zero-order valence-corrected chi connectivity index (χ0v) is 12.5. The number of nitrogens with zero attached hydrogens (tertiary/aromatic N) is 1. The lowest BCUT2D eigenvalue weighted by Gasteiger charge is -2.04. The van der Waals surface area contributed by atoms with E-state index in [1.807, 2.05) is 0 Å². The van der Waals surface area contributed by atoms with Gasteiger partial charge in [-0.3, -0.25) is 4.79 Å². The normalized spacial score (nSPS) is 11.3. The van der Waals surface area contributed by atoms with E-state index in [2.05, 4.69) is 10.5 Å². The Morgan fingerprint density at radius 3 is 2.29 bits per heavy atom. The fourth-order valence-electron chi connectivity index (χ4n) is 1.59. The van der Waals surface area contributed by atoms with E-state index in [1.54, 1.807) is 25.1 Å². The molecular weight excluding hydrogens is 314 g/mol. The third kappa shape index (κ3) is 4.03. The molecular formula is C15H11Cl2FN2O. The van der Waals surface area contributed by atoms with Crippen molar-refractivity contribution in [3.05, 3.63) is 69.5 Å². The fourth-order valence-corrected chi connectivity index (χ4v) is 1.88. The van der Waals surface area contributed by atoms with Gasteiger partial charge in [0.1, 0.15) is 5.82 Å². The first kappa shape index (κ1) is 15.5. The monoisotopic (exact) mass is 324 g/mol. The molecule has 0 saturated heterocycles. The second-order valence-electron chi connectivity index (χ2n) is 4.27. The number of carbonyl (C=O) groups is 1. The molecule has 2 aromatic carbocycles. The van der Waals surface area contributed by atoms with Crippen LogP contribution in [0.5, 0.6) is 0 Å². The molecule has 1 amide bonds. The number of halogens is 3. The molecule has 2 aromatic rings. The minimum atomic E-state index is -0.422. The first-order valence-corrected chi connectivity index (χ1v) is 6.78. The lowest BCUT2D eigenvalue weighted by atomic mass is 10.1. The van der Waals surface area contributed by atoms with Gasteiger partial charge in [0.2, 0.25) is 0 Å². The number of rotatable bonds is 3. The summed E-state index contributed by atoms with van der Waals surface area (Å²) in [6.45, 7) is 1.73. The first-order chi connectivity index (χ1) is 9.97. The summed E-state index contributed by atoms with van der Waals surface area (Å²) in [7, 11) is 0. The molecule has 3 nitrogen and oxygen atoms in total. The number of hydrogen-bond donors (Lipinski definition) is 1. The standard InChI is InChI=1S/C15H11Cl2FN2O/c1-9(11-4-7-13(16)14(17)8-11)19-20-15(21)10-2-5-12(18)6-3-10/h2-8H,1H3,(H,20,21)/b19-9-. The van der Waals surface area contributed by atoms with Gasteiger partial charge in [-0.25, -0.2) is 9.82 Å².